The van der Waals surface area contributed by atoms with Gasteiger partial charge < -0.3 is 10.2 Å². The first kappa shape index (κ1) is 11.9. The van der Waals surface area contributed by atoms with E-state index >= 15 is 0 Å². The molecule has 0 fully saturated rings. The quantitative estimate of drug-likeness (QED) is 0.873. The summed E-state index contributed by atoms with van der Waals surface area (Å²) in [5, 5.41) is 4.61. The van der Waals surface area contributed by atoms with Crippen molar-refractivity contribution in [2.75, 3.05) is 32.1 Å². The molecule has 1 unspecified atom stereocenters. The van der Waals surface area contributed by atoms with Gasteiger partial charge in [-0.3, -0.25) is 0 Å². The summed E-state index contributed by atoms with van der Waals surface area (Å²) >= 11 is 1.87. The van der Waals surface area contributed by atoms with Crippen molar-refractivity contribution in [2.24, 2.45) is 0 Å². The molecule has 4 heteroatoms. The van der Waals surface area contributed by atoms with Crippen molar-refractivity contribution in [2.45, 2.75) is 32.1 Å². The minimum absolute atomic E-state index is 0.633. The maximum absolute atomic E-state index is 4.79. The van der Waals surface area contributed by atoms with Gasteiger partial charge in [0.1, 0.15) is 0 Å². The number of anilines is 1. The molecule has 1 aliphatic rings. The lowest BCUT2D eigenvalue weighted by Gasteiger charge is -2.20. The van der Waals surface area contributed by atoms with Crippen LogP contribution in [0.5, 0.6) is 0 Å². The zero-order chi connectivity index (χ0) is 11.5. The Morgan fingerprint density at radius 2 is 2.31 bits per heavy atom. The van der Waals surface area contributed by atoms with E-state index in [2.05, 4.69) is 31.2 Å². The van der Waals surface area contributed by atoms with Crippen LogP contribution in [0.25, 0.3) is 0 Å². The zero-order valence-electron chi connectivity index (χ0n) is 10.4. The number of rotatable bonds is 4. The van der Waals surface area contributed by atoms with Gasteiger partial charge in [-0.05, 0) is 25.8 Å². The number of aromatic nitrogens is 1. The lowest BCUT2D eigenvalue weighted by atomic mass is 9.91. The van der Waals surface area contributed by atoms with Crippen LogP contribution in [0.2, 0.25) is 0 Å². The molecule has 1 aromatic heterocycles. The van der Waals surface area contributed by atoms with Crippen molar-refractivity contribution >= 4 is 16.5 Å². The van der Waals surface area contributed by atoms with Gasteiger partial charge in [0.15, 0.2) is 5.13 Å². The van der Waals surface area contributed by atoms with Crippen LogP contribution in [0.4, 0.5) is 5.13 Å². The van der Waals surface area contributed by atoms with Gasteiger partial charge in [0.2, 0.25) is 0 Å². The largest absolute Gasteiger partial charge is 0.354 e. The fraction of sp³-hybridized carbons (Fsp3) is 0.750. The van der Waals surface area contributed by atoms with E-state index in [1.54, 1.807) is 0 Å². The Balaban J connectivity index is 2.17. The number of nitrogens with zero attached hydrogens (tertiary/aromatic N) is 2. The fourth-order valence-corrected chi connectivity index (χ4v) is 3.31. The summed E-state index contributed by atoms with van der Waals surface area (Å²) in [5.74, 6) is 0.633. The molecule has 0 aromatic carbocycles. The van der Waals surface area contributed by atoms with Crippen molar-refractivity contribution in [1.82, 2.24) is 10.3 Å². The van der Waals surface area contributed by atoms with Crippen molar-refractivity contribution in [1.29, 1.82) is 0 Å². The highest BCUT2D eigenvalue weighted by Gasteiger charge is 2.24. The molecule has 0 saturated carbocycles. The molecule has 1 N–H and O–H groups in total. The first-order chi connectivity index (χ1) is 7.72. The summed E-state index contributed by atoms with van der Waals surface area (Å²) < 4.78 is 0. The number of likely N-dealkylation sites (N-methyl/N-ethyl adjacent to an activating group) is 1. The standard InChI is InChI=1S/C12H21N3S/c1-4-13-8-9-6-5-7-10-11(9)14-12(16-10)15(2)3/h9,13H,4-8H2,1-3H3. The van der Waals surface area contributed by atoms with Crippen LogP contribution in [0.15, 0.2) is 0 Å². The van der Waals surface area contributed by atoms with Crippen molar-refractivity contribution < 1.29 is 0 Å². The predicted molar refractivity (Wildman–Crippen MR) is 70.7 cm³/mol. The molecule has 1 aliphatic carbocycles. The lowest BCUT2D eigenvalue weighted by molar-refractivity contribution is 0.509. The Hall–Kier alpha value is -0.610. The van der Waals surface area contributed by atoms with Gasteiger partial charge >= 0.3 is 0 Å². The summed E-state index contributed by atoms with van der Waals surface area (Å²) in [5.41, 5.74) is 1.36. The van der Waals surface area contributed by atoms with Gasteiger partial charge in [0, 0.05) is 31.4 Å². The van der Waals surface area contributed by atoms with Gasteiger partial charge in [0.25, 0.3) is 0 Å². The number of hydrogen-bond acceptors (Lipinski definition) is 4. The van der Waals surface area contributed by atoms with Gasteiger partial charge in [-0.2, -0.15) is 0 Å². The number of aryl methyl sites for hydroxylation is 1. The molecule has 0 saturated heterocycles. The Kier molecular flexibility index (Phi) is 3.82. The molecule has 0 bridgehead atoms. The Morgan fingerprint density at radius 1 is 1.50 bits per heavy atom. The summed E-state index contributed by atoms with van der Waals surface area (Å²) in [6.45, 7) is 4.30. The normalized spacial score (nSPS) is 19.6. The summed E-state index contributed by atoms with van der Waals surface area (Å²) in [6, 6.07) is 0. The number of fused-ring (bicyclic) bond motifs is 1. The summed E-state index contributed by atoms with van der Waals surface area (Å²) in [7, 11) is 4.15. The van der Waals surface area contributed by atoms with Gasteiger partial charge in [-0.15, -0.1) is 11.3 Å². The van der Waals surface area contributed by atoms with Crippen LogP contribution in [0, 0.1) is 0 Å². The molecule has 16 heavy (non-hydrogen) atoms. The second-order valence-corrected chi connectivity index (χ2v) is 5.66. The van der Waals surface area contributed by atoms with Crippen LogP contribution in [-0.2, 0) is 6.42 Å². The Bertz CT molecular complexity index is 346. The van der Waals surface area contributed by atoms with Crippen LogP contribution < -0.4 is 10.2 Å². The smallest absolute Gasteiger partial charge is 0.185 e. The average molecular weight is 239 g/mol. The average Bonchev–Trinajstić information content (AvgIpc) is 2.70. The highest BCUT2D eigenvalue weighted by atomic mass is 32.1. The lowest BCUT2D eigenvalue weighted by Crippen LogP contribution is -2.24. The van der Waals surface area contributed by atoms with Crippen molar-refractivity contribution in [3.8, 4) is 0 Å². The number of thiazole rings is 1. The third kappa shape index (κ3) is 2.38. The second-order valence-electron chi connectivity index (χ2n) is 4.60. The van der Waals surface area contributed by atoms with E-state index in [9.17, 15) is 0 Å². The fourth-order valence-electron chi connectivity index (χ4n) is 2.20. The van der Waals surface area contributed by atoms with Crippen LogP contribution in [0.3, 0.4) is 0 Å². The molecular formula is C12H21N3S. The Morgan fingerprint density at radius 3 is 3.00 bits per heavy atom. The maximum Gasteiger partial charge on any atom is 0.185 e. The molecular weight excluding hydrogens is 218 g/mol. The van der Waals surface area contributed by atoms with Gasteiger partial charge in [-0.25, -0.2) is 4.98 Å². The number of nitrogens with one attached hydrogen (secondary N) is 1. The monoisotopic (exact) mass is 239 g/mol. The molecule has 1 aromatic rings. The third-order valence-corrected chi connectivity index (χ3v) is 4.38. The van der Waals surface area contributed by atoms with E-state index < -0.39 is 0 Å². The second kappa shape index (κ2) is 5.15. The first-order valence-electron chi connectivity index (χ1n) is 6.10. The Labute approximate surface area is 102 Å². The first-order valence-corrected chi connectivity index (χ1v) is 6.91. The third-order valence-electron chi connectivity index (χ3n) is 3.08. The number of hydrogen-bond donors (Lipinski definition) is 1. The predicted octanol–water partition coefficient (Wildman–Crippen LogP) is 2.24. The van der Waals surface area contributed by atoms with Crippen LogP contribution in [0.1, 0.15) is 36.3 Å². The molecule has 2 rings (SSSR count). The van der Waals surface area contributed by atoms with E-state index in [0.717, 1.165) is 18.2 Å². The van der Waals surface area contributed by atoms with Gasteiger partial charge in [0.05, 0.1) is 5.69 Å². The van der Waals surface area contributed by atoms with Crippen LogP contribution in [-0.4, -0.2) is 32.2 Å². The maximum atomic E-state index is 4.79. The van der Waals surface area contributed by atoms with Crippen molar-refractivity contribution in [3.63, 3.8) is 0 Å². The SMILES string of the molecule is CCNCC1CCCc2sc(N(C)C)nc21. The van der Waals surface area contributed by atoms with E-state index in [0.29, 0.717) is 5.92 Å². The summed E-state index contributed by atoms with van der Waals surface area (Å²) in [4.78, 5) is 8.42. The summed E-state index contributed by atoms with van der Waals surface area (Å²) in [6.07, 6.45) is 3.83. The van der Waals surface area contributed by atoms with E-state index in [4.69, 9.17) is 4.98 Å². The van der Waals surface area contributed by atoms with E-state index in [-0.39, 0.29) is 0 Å². The van der Waals surface area contributed by atoms with Crippen molar-refractivity contribution in [3.05, 3.63) is 10.6 Å². The topological polar surface area (TPSA) is 28.2 Å². The molecule has 1 atom stereocenters. The molecule has 1 heterocycles. The molecule has 0 radical (unpaired) electrons. The van der Waals surface area contributed by atoms with E-state index in [1.807, 2.05) is 11.3 Å². The molecule has 0 amide bonds. The van der Waals surface area contributed by atoms with Crippen LogP contribution >= 0.6 is 11.3 Å². The van der Waals surface area contributed by atoms with E-state index in [1.165, 1.54) is 29.8 Å². The van der Waals surface area contributed by atoms with Gasteiger partial charge in [-0.1, -0.05) is 6.92 Å². The highest BCUT2D eigenvalue weighted by molar-refractivity contribution is 7.15. The minimum Gasteiger partial charge on any atom is -0.354 e. The molecule has 3 nitrogen and oxygen atoms in total. The molecule has 0 spiro atoms. The molecule has 90 valence electrons. The minimum atomic E-state index is 0.633. The zero-order valence-corrected chi connectivity index (χ0v) is 11.2. The molecule has 0 aliphatic heterocycles. The highest BCUT2D eigenvalue weighted by Crippen LogP contribution is 2.36.